The summed E-state index contributed by atoms with van der Waals surface area (Å²) in [7, 11) is 1.90. The molecule has 25 heavy (non-hydrogen) atoms. The fourth-order valence-corrected chi connectivity index (χ4v) is 4.20. The highest BCUT2D eigenvalue weighted by Gasteiger charge is 2.49. The number of piperazine rings is 1. The van der Waals surface area contributed by atoms with Crippen molar-refractivity contribution in [2.24, 2.45) is 7.05 Å². The quantitative estimate of drug-likeness (QED) is 0.804. The Hall–Kier alpha value is -2.00. The molecule has 0 aliphatic carbocycles. The van der Waals surface area contributed by atoms with Gasteiger partial charge in [-0.3, -0.25) is 9.80 Å². The maximum absolute atomic E-state index is 11.9. The molecule has 2 aliphatic heterocycles. The highest BCUT2D eigenvalue weighted by molar-refractivity contribution is 7.99. The van der Waals surface area contributed by atoms with Gasteiger partial charge in [-0.15, -0.1) is 10.2 Å². The predicted octanol–water partition coefficient (Wildman–Crippen LogP) is 1.98. The molecule has 1 atom stereocenters. The molecule has 2 aromatic rings. The first kappa shape index (κ1) is 16.5. The van der Waals surface area contributed by atoms with Crippen LogP contribution in [0.3, 0.4) is 0 Å². The number of carbonyl (C=O) groups is 1. The molecule has 4 heterocycles. The Labute approximate surface area is 150 Å². The Morgan fingerprint density at radius 3 is 3.00 bits per heavy atom. The van der Waals surface area contributed by atoms with Gasteiger partial charge in [-0.1, -0.05) is 6.92 Å². The van der Waals surface area contributed by atoms with E-state index in [9.17, 15) is 4.79 Å². The van der Waals surface area contributed by atoms with Crippen molar-refractivity contribution >= 4 is 17.9 Å². The zero-order valence-electron chi connectivity index (χ0n) is 14.3. The Kier molecular flexibility index (Phi) is 4.20. The maximum atomic E-state index is 11.9. The van der Waals surface area contributed by atoms with E-state index in [2.05, 4.69) is 22.0 Å². The van der Waals surface area contributed by atoms with E-state index in [0.29, 0.717) is 13.2 Å². The van der Waals surface area contributed by atoms with E-state index in [1.807, 2.05) is 28.6 Å². The van der Waals surface area contributed by atoms with E-state index in [4.69, 9.17) is 9.15 Å². The number of hydrogen-bond donors (Lipinski definition) is 0. The first-order valence-corrected chi connectivity index (χ1v) is 9.18. The summed E-state index contributed by atoms with van der Waals surface area (Å²) in [6.07, 6.45) is 2.38. The minimum atomic E-state index is -0.196. The fourth-order valence-electron chi connectivity index (χ4n) is 3.45. The minimum Gasteiger partial charge on any atom is -0.453 e. The number of aromatic nitrogens is 3. The molecular weight excluding hydrogens is 342 g/mol. The third-order valence-corrected chi connectivity index (χ3v) is 5.92. The van der Waals surface area contributed by atoms with Crippen LogP contribution in [0.4, 0.5) is 4.79 Å². The zero-order chi connectivity index (χ0) is 17.4. The second-order valence-electron chi connectivity index (χ2n) is 6.54. The summed E-state index contributed by atoms with van der Waals surface area (Å²) in [6.45, 7) is 5.65. The number of furan rings is 1. The lowest BCUT2D eigenvalue weighted by Gasteiger charge is -2.44. The molecule has 0 bridgehead atoms. The Bertz CT molecular complexity index is 775. The third-order valence-electron chi connectivity index (χ3n) is 4.95. The summed E-state index contributed by atoms with van der Waals surface area (Å²) < 4.78 is 13.1. The second-order valence-corrected chi connectivity index (χ2v) is 7.51. The molecule has 1 unspecified atom stereocenters. The van der Waals surface area contributed by atoms with Gasteiger partial charge in [-0.25, -0.2) is 4.79 Å². The number of nitrogens with zero attached hydrogens (tertiary/aromatic N) is 5. The molecule has 2 aromatic heterocycles. The van der Waals surface area contributed by atoms with E-state index >= 15 is 0 Å². The molecule has 134 valence electrons. The Balaban J connectivity index is 1.41. The highest BCUT2D eigenvalue weighted by Crippen LogP contribution is 2.33. The van der Waals surface area contributed by atoms with E-state index in [1.165, 1.54) is 11.8 Å². The molecule has 0 aromatic carbocycles. The van der Waals surface area contributed by atoms with E-state index < -0.39 is 0 Å². The van der Waals surface area contributed by atoms with Gasteiger partial charge in [0.15, 0.2) is 10.2 Å². The van der Waals surface area contributed by atoms with E-state index in [0.717, 1.165) is 42.1 Å². The van der Waals surface area contributed by atoms with Crippen LogP contribution >= 0.6 is 11.8 Å². The topological polar surface area (TPSA) is 76.6 Å². The third kappa shape index (κ3) is 3.02. The summed E-state index contributed by atoms with van der Waals surface area (Å²) >= 11 is 1.45. The minimum absolute atomic E-state index is 0.179. The number of ether oxygens (including phenoxy) is 1. The van der Waals surface area contributed by atoms with Gasteiger partial charge in [0.05, 0.1) is 12.1 Å². The summed E-state index contributed by atoms with van der Waals surface area (Å²) in [5.74, 6) is 0.912. The van der Waals surface area contributed by atoms with Crippen molar-refractivity contribution in [2.45, 2.75) is 35.7 Å². The first-order valence-electron chi connectivity index (χ1n) is 8.37. The van der Waals surface area contributed by atoms with Crippen molar-refractivity contribution in [1.82, 2.24) is 24.6 Å². The van der Waals surface area contributed by atoms with Crippen molar-refractivity contribution < 1.29 is 13.9 Å². The molecular formula is C16H21N5O3S. The molecule has 2 saturated heterocycles. The number of hydrogen-bond acceptors (Lipinski definition) is 7. The second kappa shape index (κ2) is 6.38. The van der Waals surface area contributed by atoms with Gasteiger partial charge in [0, 0.05) is 26.7 Å². The smallest absolute Gasteiger partial charge is 0.410 e. The zero-order valence-corrected chi connectivity index (χ0v) is 15.2. The lowest BCUT2D eigenvalue weighted by Crippen LogP contribution is -2.60. The lowest BCUT2D eigenvalue weighted by atomic mass is 9.93. The summed E-state index contributed by atoms with van der Waals surface area (Å²) in [6, 6.07) is 3.96. The number of aryl methyl sites for hydroxylation is 1. The van der Waals surface area contributed by atoms with Crippen LogP contribution in [-0.2, 0) is 18.3 Å². The van der Waals surface area contributed by atoms with Crippen molar-refractivity contribution in [3.05, 3.63) is 24.2 Å². The van der Waals surface area contributed by atoms with Crippen LogP contribution in [-0.4, -0.2) is 62.4 Å². The molecule has 4 rings (SSSR count). The molecule has 2 aliphatic rings. The first-order chi connectivity index (χ1) is 12.1. The van der Waals surface area contributed by atoms with Crippen molar-refractivity contribution in [1.29, 1.82) is 0 Å². The molecule has 0 radical (unpaired) electrons. The maximum Gasteiger partial charge on any atom is 0.410 e. The Morgan fingerprint density at radius 1 is 1.36 bits per heavy atom. The normalized spacial score (nSPS) is 23.8. The van der Waals surface area contributed by atoms with Crippen LogP contribution in [0.15, 0.2) is 33.1 Å². The predicted molar refractivity (Wildman–Crippen MR) is 90.2 cm³/mol. The van der Waals surface area contributed by atoms with E-state index in [-0.39, 0.29) is 11.6 Å². The van der Waals surface area contributed by atoms with Crippen molar-refractivity contribution in [3.8, 4) is 0 Å². The van der Waals surface area contributed by atoms with Gasteiger partial charge in [0.25, 0.3) is 0 Å². The Morgan fingerprint density at radius 2 is 2.24 bits per heavy atom. The number of fused-ring (bicyclic) bond motifs is 1. The molecule has 1 amide bonds. The SMILES string of the molecule is CCC12COC(=O)N1CCN(Cc1ccc(Sc3nncn3C)o1)C2. The van der Waals surface area contributed by atoms with Gasteiger partial charge in [0.2, 0.25) is 0 Å². The van der Waals surface area contributed by atoms with Crippen LogP contribution in [0.5, 0.6) is 0 Å². The average molecular weight is 363 g/mol. The molecule has 8 nitrogen and oxygen atoms in total. The number of carbonyl (C=O) groups excluding carboxylic acids is 1. The van der Waals surface area contributed by atoms with Gasteiger partial charge < -0.3 is 13.7 Å². The van der Waals surface area contributed by atoms with Crippen molar-refractivity contribution in [3.63, 3.8) is 0 Å². The monoisotopic (exact) mass is 363 g/mol. The van der Waals surface area contributed by atoms with Gasteiger partial charge in [-0.05, 0) is 30.3 Å². The summed E-state index contributed by atoms with van der Waals surface area (Å²) in [4.78, 5) is 16.1. The highest BCUT2D eigenvalue weighted by atomic mass is 32.2. The number of cyclic esters (lactones) is 1. The van der Waals surface area contributed by atoms with Crippen LogP contribution in [0.2, 0.25) is 0 Å². The number of amides is 1. The van der Waals surface area contributed by atoms with E-state index in [1.54, 1.807) is 6.33 Å². The van der Waals surface area contributed by atoms with Gasteiger partial charge >= 0.3 is 6.09 Å². The van der Waals surface area contributed by atoms with Crippen molar-refractivity contribution in [2.75, 3.05) is 26.2 Å². The molecule has 0 N–H and O–H groups in total. The van der Waals surface area contributed by atoms with Crippen LogP contribution in [0.1, 0.15) is 19.1 Å². The van der Waals surface area contributed by atoms with Crippen LogP contribution < -0.4 is 0 Å². The molecule has 9 heteroatoms. The van der Waals surface area contributed by atoms with Crippen LogP contribution in [0, 0.1) is 0 Å². The van der Waals surface area contributed by atoms with Gasteiger partial charge in [0.1, 0.15) is 18.7 Å². The fraction of sp³-hybridized carbons (Fsp3) is 0.562. The summed E-state index contributed by atoms with van der Waals surface area (Å²) in [5.41, 5.74) is -0.196. The lowest BCUT2D eigenvalue weighted by molar-refractivity contribution is 0.0411. The average Bonchev–Trinajstić information content (AvgIpc) is 3.30. The summed E-state index contributed by atoms with van der Waals surface area (Å²) in [5, 5.41) is 9.52. The largest absolute Gasteiger partial charge is 0.453 e. The molecule has 0 saturated carbocycles. The standard InChI is InChI=1S/C16H21N5O3S/c1-3-16-9-20(6-7-21(16)15(22)23-10-16)8-12-4-5-13(24-12)25-14-18-17-11-19(14)2/h4-5,11H,3,6-10H2,1-2H3. The van der Waals surface area contributed by atoms with Gasteiger partial charge in [-0.2, -0.15) is 0 Å². The van der Waals surface area contributed by atoms with Crippen LogP contribution in [0.25, 0.3) is 0 Å². The molecule has 0 spiro atoms. The molecule has 2 fully saturated rings. The number of rotatable bonds is 5.